The summed E-state index contributed by atoms with van der Waals surface area (Å²) in [7, 11) is 3.57. The average Bonchev–Trinajstić information content (AvgIpc) is 2.67. The lowest BCUT2D eigenvalue weighted by Crippen LogP contribution is -2.42. The molecule has 1 saturated heterocycles. The van der Waals surface area contributed by atoms with Gasteiger partial charge in [0.15, 0.2) is 0 Å². The fraction of sp³-hybridized carbons (Fsp3) is 0.333. The SMILES string of the molecule is CN(C)C(=O)C1CCN(C(=O)c2cccc(-c3ccccc3)c2)CC1. The Morgan fingerprint density at radius 1 is 0.920 bits per heavy atom. The molecule has 0 N–H and O–H groups in total. The molecule has 0 saturated carbocycles. The number of hydrogen-bond acceptors (Lipinski definition) is 2. The van der Waals surface area contributed by atoms with Crippen molar-refractivity contribution in [2.24, 2.45) is 5.92 Å². The summed E-state index contributed by atoms with van der Waals surface area (Å²) in [6, 6.07) is 17.8. The van der Waals surface area contributed by atoms with E-state index in [0.717, 1.165) is 24.0 Å². The molecule has 3 rings (SSSR count). The van der Waals surface area contributed by atoms with E-state index in [9.17, 15) is 9.59 Å². The number of benzene rings is 2. The minimum atomic E-state index is 0.0368. The summed E-state index contributed by atoms with van der Waals surface area (Å²) < 4.78 is 0. The third-order valence-electron chi connectivity index (χ3n) is 4.79. The van der Waals surface area contributed by atoms with E-state index in [1.54, 1.807) is 19.0 Å². The Bertz CT molecular complexity index is 748. The molecule has 1 aliphatic rings. The Morgan fingerprint density at radius 3 is 2.20 bits per heavy atom. The van der Waals surface area contributed by atoms with Gasteiger partial charge in [0.2, 0.25) is 5.91 Å². The van der Waals surface area contributed by atoms with Crippen molar-refractivity contribution in [3.05, 3.63) is 60.2 Å². The molecule has 0 bridgehead atoms. The summed E-state index contributed by atoms with van der Waals surface area (Å²) in [6.07, 6.45) is 1.47. The summed E-state index contributed by atoms with van der Waals surface area (Å²) in [5.74, 6) is 0.251. The Hall–Kier alpha value is -2.62. The predicted octanol–water partition coefficient (Wildman–Crippen LogP) is 3.29. The molecular formula is C21H24N2O2. The highest BCUT2D eigenvalue weighted by Crippen LogP contribution is 2.23. The normalized spacial score (nSPS) is 15.0. The first kappa shape index (κ1) is 17.2. The molecule has 0 aliphatic carbocycles. The summed E-state index contributed by atoms with van der Waals surface area (Å²) in [5.41, 5.74) is 2.86. The van der Waals surface area contributed by atoms with E-state index >= 15 is 0 Å². The summed E-state index contributed by atoms with van der Waals surface area (Å²) >= 11 is 0. The maximum absolute atomic E-state index is 12.8. The molecular weight excluding hydrogens is 312 g/mol. The van der Waals surface area contributed by atoms with E-state index in [-0.39, 0.29) is 17.7 Å². The molecule has 1 heterocycles. The first-order valence-corrected chi connectivity index (χ1v) is 8.72. The van der Waals surface area contributed by atoms with Crippen LogP contribution in [0, 0.1) is 5.92 Å². The fourth-order valence-electron chi connectivity index (χ4n) is 3.34. The zero-order chi connectivity index (χ0) is 17.8. The van der Waals surface area contributed by atoms with Gasteiger partial charge in [0.1, 0.15) is 0 Å². The van der Waals surface area contributed by atoms with Crippen LogP contribution in [0.3, 0.4) is 0 Å². The van der Waals surface area contributed by atoms with E-state index in [2.05, 4.69) is 0 Å². The molecule has 1 aliphatic heterocycles. The maximum atomic E-state index is 12.8. The molecule has 2 aromatic rings. The van der Waals surface area contributed by atoms with Crippen LogP contribution < -0.4 is 0 Å². The van der Waals surface area contributed by atoms with Crippen molar-refractivity contribution < 1.29 is 9.59 Å². The zero-order valence-electron chi connectivity index (χ0n) is 14.8. The second-order valence-corrected chi connectivity index (χ2v) is 6.75. The standard InChI is InChI=1S/C21H24N2O2/c1-22(2)20(24)17-11-13-23(14-12-17)21(25)19-10-6-9-18(15-19)16-7-4-3-5-8-16/h3-10,15,17H,11-14H2,1-2H3. The summed E-state index contributed by atoms with van der Waals surface area (Å²) in [5, 5.41) is 0. The van der Waals surface area contributed by atoms with Crippen LogP contribution >= 0.6 is 0 Å². The largest absolute Gasteiger partial charge is 0.349 e. The quantitative estimate of drug-likeness (QED) is 0.863. The van der Waals surface area contributed by atoms with E-state index in [4.69, 9.17) is 0 Å². The average molecular weight is 336 g/mol. The Kier molecular flexibility index (Phi) is 5.17. The van der Waals surface area contributed by atoms with E-state index in [0.29, 0.717) is 18.7 Å². The van der Waals surface area contributed by atoms with Gasteiger partial charge in [-0.25, -0.2) is 0 Å². The van der Waals surface area contributed by atoms with Gasteiger partial charge in [-0.2, -0.15) is 0 Å². The van der Waals surface area contributed by atoms with Crippen molar-refractivity contribution in [3.63, 3.8) is 0 Å². The predicted molar refractivity (Wildman–Crippen MR) is 99.2 cm³/mol. The van der Waals surface area contributed by atoms with Crippen molar-refractivity contribution in [2.75, 3.05) is 27.2 Å². The van der Waals surface area contributed by atoms with Crippen LogP contribution in [0.25, 0.3) is 11.1 Å². The van der Waals surface area contributed by atoms with Crippen LogP contribution in [-0.4, -0.2) is 48.8 Å². The molecule has 25 heavy (non-hydrogen) atoms. The lowest BCUT2D eigenvalue weighted by molar-refractivity contribution is -0.134. The molecule has 4 heteroatoms. The fourth-order valence-corrected chi connectivity index (χ4v) is 3.34. The van der Waals surface area contributed by atoms with E-state index < -0.39 is 0 Å². The minimum absolute atomic E-state index is 0.0368. The molecule has 0 aromatic heterocycles. The topological polar surface area (TPSA) is 40.6 Å². The number of rotatable bonds is 3. The first-order chi connectivity index (χ1) is 12.1. The van der Waals surface area contributed by atoms with Gasteiger partial charge in [-0.3, -0.25) is 9.59 Å². The third-order valence-corrected chi connectivity index (χ3v) is 4.79. The van der Waals surface area contributed by atoms with Crippen LogP contribution in [0.1, 0.15) is 23.2 Å². The van der Waals surface area contributed by atoms with Gasteiger partial charge in [0.25, 0.3) is 5.91 Å². The van der Waals surface area contributed by atoms with Crippen molar-refractivity contribution in [3.8, 4) is 11.1 Å². The molecule has 0 atom stereocenters. The number of piperidine rings is 1. The monoisotopic (exact) mass is 336 g/mol. The highest BCUT2D eigenvalue weighted by atomic mass is 16.2. The van der Waals surface area contributed by atoms with Gasteiger partial charge in [-0.05, 0) is 36.1 Å². The molecule has 0 unspecified atom stereocenters. The van der Waals surface area contributed by atoms with Gasteiger partial charge in [-0.1, -0.05) is 42.5 Å². The zero-order valence-corrected chi connectivity index (χ0v) is 14.8. The van der Waals surface area contributed by atoms with E-state index in [1.807, 2.05) is 59.5 Å². The molecule has 1 fully saturated rings. The van der Waals surface area contributed by atoms with Gasteiger partial charge >= 0.3 is 0 Å². The summed E-state index contributed by atoms with van der Waals surface area (Å²) in [6.45, 7) is 1.28. The molecule has 2 amide bonds. The smallest absolute Gasteiger partial charge is 0.253 e. The first-order valence-electron chi connectivity index (χ1n) is 8.72. The number of nitrogens with zero attached hydrogens (tertiary/aromatic N) is 2. The number of hydrogen-bond donors (Lipinski definition) is 0. The van der Waals surface area contributed by atoms with Crippen molar-refractivity contribution >= 4 is 11.8 Å². The van der Waals surface area contributed by atoms with Gasteiger partial charge in [0.05, 0.1) is 0 Å². The van der Waals surface area contributed by atoms with Crippen LogP contribution in [0.4, 0.5) is 0 Å². The second-order valence-electron chi connectivity index (χ2n) is 6.75. The lowest BCUT2D eigenvalue weighted by atomic mass is 9.94. The number of amides is 2. The van der Waals surface area contributed by atoms with Crippen LogP contribution in [-0.2, 0) is 4.79 Å². The van der Waals surface area contributed by atoms with Crippen LogP contribution in [0.15, 0.2) is 54.6 Å². The highest BCUT2D eigenvalue weighted by molar-refractivity contribution is 5.95. The third kappa shape index (κ3) is 3.90. The molecule has 0 radical (unpaired) electrons. The van der Waals surface area contributed by atoms with Crippen LogP contribution in [0.2, 0.25) is 0 Å². The Balaban J connectivity index is 1.69. The van der Waals surface area contributed by atoms with E-state index in [1.165, 1.54) is 0 Å². The minimum Gasteiger partial charge on any atom is -0.349 e. The second kappa shape index (κ2) is 7.51. The van der Waals surface area contributed by atoms with Crippen LogP contribution in [0.5, 0.6) is 0 Å². The number of carbonyl (C=O) groups excluding carboxylic acids is 2. The Morgan fingerprint density at radius 2 is 1.56 bits per heavy atom. The summed E-state index contributed by atoms with van der Waals surface area (Å²) in [4.78, 5) is 28.4. The molecule has 2 aromatic carbocycles. The van der Waals surface area contributed by atoms with Gasteiger partial charge in [0, 0.05) is 38.7 Å². The molecule has 4 nitrogen and oxygen atoms in total. The van der Waals surface area contributed by atoms with Crippen molar-refractivity contribution in [1.29, 1.82) is 0 Å². The van der Waals surface area contributed by atoms with Crippen molar-refractivity contribution in [1.82, 2.24) is 9.80 Å². The number of likely N-dealkylation sites (tertiary alicyclic amines) is 1. The van der Waals surface area contributed by atoms with Gasteiger partial charge in [-0.15, -0.1) is 0 Å². The van der Waals surface area contributed by atoms with Crippen molar-refractivity contribution in [2.45, 2.75) is 12.8 Å². The molecule has 0 spiro atoms. The molecule has 130 valence electrons. The lowest BCUT2D eigenvalue weighted by Gasteiger charge is -2.32. The Labute approximate surface area is 149 Å². The van der Waals surface area contributed by atoms with Gasteiger partial charge < -0.3 is 9.80 Å². The highest BCUT2D eigenvalue weighted by Gasteiger charge is 2.28. The maximum Gasteiger partial charge on any atom is 0.253 e. The number of carbonyl (C=O) groups is 2.